The second-order valence-electron chi connectivity index (χ2n) is 4.24. The van der Waals surface area contributed by atoms with Crippen LogP contribution in [-0.4, -0.2) is 46.5 Å². The first-order chi connectivity index (χ1) is 9.86. The van der Waals surface area contributed by atoms with E-state index in [0.29, 0.717) is 13.2 Å². The Labute approximate surface area is 148 Å². The van der Waals surface area contributed by atoms with Crippen LogP contribution in [0.25, 0.3) is 0 Å². The molecule has 1 aromatic rings. The van der Waals surface area contributed by atoms with Crippen molar-refractivity contribution >= 4 is 41.3 Å². The topological polar surface area (TPSA) is 54.9 Å². The molecule has 2 N–H and O–H groups in total. The minimum Gasteiger partial charge on any atom is -0.382 e. The highest BCUT2D eigenvalue weighted by atomic mass is 127. The van der Waals surface area contributed by atoms with E-state index in [0.717, 1.165) is 38.5 Å². The molecule has 0 saturated heterocycles. The van der Waals surface area contributed by atoms with Gasteiger partial charge in [-0.05, 0) is 24.3 Å². The van der Waals surface area contributed by atoms with Gasteiger partial charge in [0, 0.05) is 32.2 Å². The number of methoxy groups -OCH3 is 1. The Morgan fingerprint density at radius 1 is 1.24 bits per heavy atom. The number of halogens is 1. The molecule has 0 unspecified atom stereocenters. The molecule has 0 aliphatic carbocycles. The van der Waals surface area contributed by atoms with Crippen LogP contribution in [-0.2, 0) is 16.0 Å². The lowest BCUT2D eigenvalue weighted by Gasteiger charge is -2.11. The van der Waals surface area contributed by atoms with Crippen molar-refractivity contribution in [3.05, 3.63) is 22.4 Å². The molecule has 1 aromatic heterocycles. The molecule has 0 saturated carbocycles. The Hall–Kier alpha value is -0.380. The first-order valence-corrected chi connectivity index (χ1v) is 7.78. The van der Waals surface area contributed by atoms with E-state index < -0.39 is 0 Å². The predicted molar refractivity (Wildman–Crippen MR) is 99.9 cm³/mol. The summed E-state index contributed by atoms with van der Waals surface area (Å²) in [5.74, 6) is 0.846. The molecule has 1 rings (SSSR count). The SMILES string of the molecule is CN=C(NCCCCOCCOC)NCc1cccs1.I. The van der Waals surface area contributed by atoms with Gasteiger partial charge in [-0.1, -0.05) is 6.07 Å². The largest absolute Gasteiger partial charge is 0.382 e. The summed E-state index contributed by atoms with van der Waals surface area (Å²) < 4.78 is 10.3. The fourth-order valence-electron chi connectivity index (χ4n) is 1.58. The summed E-state index contributed by atoms with van der Waals surface area (Å²) in [6, 6.07) is 4.17. The molecular formula is C14H26IN3O2S. The molecule has 0 aliphatic heterocycles. The number of unbranched alkanes of at least 4 members (excludes halogenated alkanes) is 1. The third-order valence-corrected chi connectivity index (χ3v) is 3.55. The van der Waals surface area contributed by atoms with Gasteiger partial charge in [-0.25, -0.2) is 0 Å². The molecule has 5 nitrogen and oxygen atoms in total. The molecule has 0 fully saturated rings. The van der Waals surface area contributed by atoms with Gasteiger partial charge < -0.3 is 20.1 Å². The average molecular weight is 427 g/mol. The van der Waals surface area contributed by atoms with Gasteiger partial charge in [0.15, 0.2) is 5.96 Å². The number of guanidine groups is 1. The molecule has 0 bridgehead atoms. The van der Waals surface area contributed by atoms with Gasteiger partial charge in [-0.3, -0.25) is 4.99 Å². The molecule has 1 heterocycles. The highest BCUT2D eigenvalue weighted by Crippen LogP contribution is 2.06. The molecule has 0 atom stereocenters. The third kappa shape index (κ3) is 10.9. The van der Waals surface area contributed by atoms with Gasteiger partial charge >= 0.3 is 0 Å². The Morgan fingerprint density at radius 2 is 2.10 bits per heavy atom. The van der Waals surface area contributed by atoms with Crippen molar-refractivity contribution in [1.82, 2.24) is 10.6 Å². The number of ether oxygens (including phenoxy) is 2. The zero-order chi connectivity index (χ0) is 14.5. The molecule has 0 aromatic carbocycles. The number of aliphatic imine (C=N–C) groups is 1. The van der Waals surface area contributed by atoms with Crippen LogP contribution in [0.5, 0.6) is 0 Å². The summed E-state index contributed by atoms with van der Waals surface area (Å²) in [4.78, 5) is 5.50. The Bertz CT molecular complexity index is 361. The van der Waals surface area contributed by atoms with Crippen molar-refractivity contribution < 1.29 is 9.47 Å². The zero-order valence-electron chi connectivity index (χ0n) is 12.8. The van der Waals surface area contributed by atoms with Crippen LogP contribution in [0.15, 0.2) is 22.5 Å². The van der Waals surface area contributed by atoms with E-state index in [9.17, 15) is 0 Å². The molecule has 0 amide bonds. The highest BCUT2D eigenvalue weighted by molar-refractivity contribution is 14.0. The summed E-state index contributed by atoms with van der Waals surface area (Å²) in [5.41, 5.74) is 0. The van der Waals surface area contributed by atoms with E-state index in [1.54, 1.807) is 25.5 Å². The maximum absolute atomic E-state index is 5.41. The summed E-state index contributed by atoms with van der Waals surface area (Å²) >= 11 is 1.74. The molecule has 21 heavy (non-hydrogen) atoms. The zero-order valence-corrected chi connectivity index (χ0v) is 15.9. The maximum atomic E-state index is 5.41. The van der Waals surface area contributed by atoms with Crippen LogP contribution in [0.3, 0.4) is 0 Å². The lowest BCUT2D eigenvalue weighted by molar-refractivity contribution is 0.0689. The second kappa shape index (κ2) is 14.6. The number of nitrogens with one attached hydrogen (secondary N) is 2. The van der Waals surface area contributed by atoms with Crippen molar-refractivity contribution in [1.29, 1.82) is 0 Å². The van der Waals surface area contributed by atoms with Crippen LogP contribution in [0.1, 0.15) is 17.7 Å². The predicted octanol–water partition coefficient (Wildman–Crippen LogP) is 2.47. The standard InChI is InChI=1S/C14H25N3O2S.HI/c1-15-14(17-12-13-6-5-11-20-13)16-7-3-4-8-19-10-9-18-2;/h5-6,11H,3-4,7-10,12H2,1-2H3,(H2,15,16,17);1H. The lowest BCUT2D eigenvalue weighted by Crippen LogP contribution is -2.37. The Morgan fingerprint density at radius 3 is 2.76 bits per heavy atom. The van der Waals surface area contributed by atoms with Gasteiger partial charge in [0.2, 0.25) is 0 Å². The van der Waals surface area contributed by atoms with Gasteiger partial charge in [0.25, 0.3) is 0 Å². The van der Waals surface area contributed by atoms with E-state index in [1.807, 2.05) is 0 Å². The highest BCUT2D eigenvalue weighted by Gasteiger charge is 1.98. The van der Waals surface area contributed by atoms with Crippen molar-refractivity contribution in [2.24, 2.45) is 4.99 Å². The third-order valence-electron chi connectivity index (χ3n) is 2.67. The van der Waals surface area contributed by atoms with Gasteiger partial charge in [-0.2, -0.15) is 0 Å². The van der Waals surface area contributed by atoms with E-state index in [1.165, 1.54) is 4.88 Å². The maximum Gasteiger partial charge on any atom is 0.191 e. The van der Waals surface area contributed by atoms with Crippen molar-refractivity contribution in [3.8, 4) is 0 Å². The number of nitrogens with zero attached hydrogens (tertiary/aromatic N) is 1. The monoisotopic (exact) mass is 427 g/mol. The molecular weight excluding hydrogens is 401 g/mol. The van der Waals surface area contributed by atoms with E-state index >= 15 is 0 Å². The van der Waals surface area contributed by atoms with Crippen LogP contribution in [0.2, 0.25) is 0 Å². The summed E-state index contributed by atoms with van der Waals surface area (Å²) in [7, 11) is 3.47. The van der Waals surface area contributed by atoms with Crippen LogP contribution in [0.4, 0.5) is 0 Å². The first-order valence-electron chi connectivity index (χ1n) is 6.90. The number of hydrogen-bond acceptors (Lipinski definition) is 4. The fraction of sp³-hybridized carbons (Fsp3) is 0.643. The van der Waals surface area contributed by atoms with Crippen LogP contribution in [0, 0.1) is 0 Å². The molecule has 0 spiro atoms. The van der Waals surface area contributed by atoms with Gasteiger partial charge in [0.1, 0.15) is 0 Å². The summed E-state index contributed by atoms with van der Waals surface area (Å²) in [6.07, 6.45) is 2.10. The normalized spacial score (nSPS) is 11.0. The van der Waals surface area contributed by atoms with Crippen molar-refractivity contribution in [2.45, 2.75) is 19.4 Å². The molecule has 0 radical (unpaired) electrons. The quantitative estimate of drug-likeness (QED) is 0.261. The van der Waals surface area contributed by atoms with E-state index in [4.69, 9.17) is 9.47 Å². The van der Waals surface area contributed by atoms with Gasteiger partial charge in [0.05, 0.1) is 19.8 Å². The molecule has 7 heteroatoms. The van der Waals surface area contributed by atoms with Crippen LogP contribution < -0.4 is 10.6 Å². The smallest absolute Gasteiger partial charge is 0.191 e. The number of hydrogen-bond donors (Lipinski definition) is 2. The number of thiophene rings is 1. The number of rotatable bonds is 10. The second-order valence-corrected chi connectivity index (χ2v) is 5.28. The average Bonchev–Trinajstić information content (AvgIpc) is 2.98. The van der Waals surface area contributed by atoms with Gasteiger partial charge in [-0.15, -0.1) is 35.3 Å². The minimum atomic E-state index is 0. The molecule has 122 valence electrons. The van der Waals surface area contributed by atoms with Crippen molar-refractivity contribution in [2.75, 3.05) is 40.5 Å². The van der Waals surface area contributed by atoms with E-state index in [-0.39, 0.29) is 24.0 Å². The Kier molecular flexibility index (Phi) is 14.3. The Balaban J connectivity index is 0.00000400. The minimum absolute atomic E-state index is 0. The lowest BCUT2D eigenvalue weighted by atomic mass is 10.3. The van der Waals surface area contributed by atoms with Crippen LogP contribution >= 0.6 is 35.3 Å². The van der Waals surface area contributed by atoms with E-state index in [2.05, 4.69) is 33.1 Å². The molecule has 0 aliphatic rings. The first kappa shape index (κ1) is 20.6. The fourth-order valence-corrected chi connectivity index (χ4v) is 2.23. The summed E-state index contributed by atoms with van der Waals surface area (Å²) in [5, 5.41) is 8.67. The van der Waals surface area contributed by atoms with Crippen molar-refractivity contribution in [3.63, 3.8) is 0 Å². The summed E-state index contributed by atoms with van der Waals surface area (Å²) in [6.45, 7) is 3.84.